The maximum Gasteiger partial charge on any atom is 0.258 e. The Morgan fingerprint density at radius 2 is 2.05 bits per heavy atom. The van der Waals surface area contributed by atoms with E-state index in [4.69, 9.17) is 4.74 Å². The minimum Gasteiger partial charge on any atom is -0.483 e. The Labute approximate surface area is 126 Å². The first kappa shape index (κ1) is 15.8. The summed E-state index contributed by atoms with van der Waals surface area (Å²) in [6.07, 6.45) is 4.39. The molecule has 0 saturated heterocycles. The lowest BCUT2D eigenvalue weighted by atomic mass is 10.1. The van der Waals surface area contributed by atoms with Gasteiger partial charge < -0.3 is 15.2 Å². The molecule has 4 nitrogen and oxygen atoms in total. The molecule has 21 heavy (non-hydrogen) atoms. The maximum absolute atomic E-state index is 12.0. The van der Waals surface area contributed by atoms with Crippen molar-refractivity contribution < 1.29 is 14.6 Å². The van der Waals surface area contributed by atoms with E-state index >= 15 is 0 Å². The zero-order valence-electron chi connectivity index (χ0n) is 12.9. The third kappa shape index (κ3) is 4.46. The number of nitrogens with one attached hydrogen (secondary N) is 1. The van der Waals surface area contributed by atoms with Crippen LogP contribution in [-0.2, 0) is 4.79 Å². The van der Waals surface area contributed by atoms with E-state index in [-0.39, 0.29) is 18.6 Å². The van der Waals surface area contributed by atoms with Gasteiger partial charge in [0.05, 0.1) is 12.1 Å². The number of benzene rings is 1. The minimum absolute atomic E-state index is 0.00644. The molecule has 1 aliphatic rings. The van der Waals surface area contributed by atoms with Crippen molar-refractivity contribution in [1.29, 1.82) is 0 Å². The number of aliphatic hydroxyl groups is 1. The van der Waals surface area contributed by atoms with Gasteiger partial charge in [-0.3, -0.25) is 4.79 Å². The van der Waals surface area contributed by atoms with Crippen LogP contribution < -0.4 is 10.1 Å². The van der Waals surface area contributed by atoms with Crippen molar-refractivity contribution in [3.8, 4) is 5.75 Å². The molecule has 0 heterocycles. The van der Waals surface area contributed by atoms with E-state index in [0.717, 1.165) is 49.0 Å². The SMILES string of the molecule is Cc1cccc(OCC(=O)NC2CCCCCC2O)c1C. The van der Waals surface area contributed by atoms with Crippen molar-refractivity contribution in [3.05, 3.63) is 29.3 Å². The molecule has 0 aliphatic heterocycles. The van der Waals surface area contributed by atoms with E-state index in [1.165, 1.54) is 0 Å². The molecule has 2 unspecified atom stereocenters. The highest BCUT2D eigenvalue weighted by molar-refractivity contribution is 5.78. The van der Waals surface area contributed by atoms with Crippen LogP contribution in [0, 0.1) is 13.8 Å². The second-order valence-corrected chi connectivity index (χ2v) is 5.87. The van der Waals surface area contributed by atoms with Crippen LogP contribution in [-0.4, -0.2) is 29.8 Å². The standard InChI is InChI=1S/C17H25NO3/c1-12-7-6-10-16(13(12)2)21-11-17(20)18-14-8-4-3-5-9-15(14)19/h6-7,10,14-15,19H,3-5,8-9,11H2,1-2H3,(H,18,20). The number of ether oxygens (including phenoxy) is 1. The topological polar surface area (TPSA) is 58.6 Å². The van der Waals surface area contributed by atoms with Gasteiger partial charge in [0, 0.05) is 0 Å². The van der Waals surface area contributed by atoms with E-state index in [1.54, 1.807) is 0 Å². The Hall–Kier alpha value is -1.55. The Morgan fingerprint density at radius 3 is 2.86 bits per heavy atom. The van der Waals surface area contributed by atoms with E-state index in [2.05, 4.69) is 5.32 Å². The molecule has 0 spiro atoms. The highest BCUT2D eigenvalue weighted by Crippen LogP contribution is 2.21. The molecule has 4 heteroatoms. The molecule has 1 aromatic carbocycles. The summed E-state index contributed by atoms with van der Waals surface area (Å²) in [4.78, 5) is 12.0. The van der Waals surface area contributed by atoms with Crippen LogP contribution in [0.5, 0.6) is 5.75 Å². The van der Waals surface area contributed by atoms with Crippen molar-refractivity contribution in [2.45, 2.75) is 58.1 Å². The van der Waals surface area contributed by atoms with Crippen molar-refractivity contribution in [1.82, 2.24) is 5.32 Å². The fraction of sp³-hybridized carbons (Fsp3) is 0.588. The van der Waals surface area contributed by atoms with Crippen molar-refractivity contribution in [3.63, 3.8) is 0 Å². The summed E-state index contributed by atoms with van der Waals surface area (Å²) in [7, 11) is 0. The molecule has 1 aliphatic carbocycles. The van der Waals surface area contributed by atoms with E-state index < -0.39 is 6.10 Å². The van der Waals surface area contributed by atoms with Crippen LogP contribution in [0.4, 0.5) is 0 Å². The molecule has 1 aromatic rings. The molecule has 0 radical (unpaired) electrons. The molecule has 116 valence electrons. The Kier molecular flexibility index (Phi) is 5.62. The van der Waals surface area contributed by atoms with Gasteiger partial charge >= 0.3 is 0 Å². The normalized spacial score (nSPS) is 22.4. The molecule has 2 rings (SSSR count). The molecule has 0 aromatic heterocycles. The first-order valence-corrected chi connectivity index (χ1v) is 7.74. The summed E-state index contributed by atoms with van der Waals surface area (Å²) in [5.41, 5.74) is 2.20. The Morgan fingerprint density at radius 1 is 1.29 bits per heavy atom. The summed E-state index contributed by atoms with van der Waals surface area (Å²) in [5, 5.41) is 12.9. The first-order chi connectivity index (χ1) is 10.1. The molecular weight excluding hydrogens is 266 g/mol. The van der Waals surface area contributed by atoms with Crippen molar-refractivity contribution in [2.75, 3.05) is 6.61 Å². The minimum atomic E-state index is -0.433. The largest absolute Gasteiger partial charge is 0.483 e. The predicted octanol–water partition coefficient (Wildman–Crippen LogP) is 2.49. The first-order valence-electron chi connectivity index (χ1n) is 7.74. The summed E-state index contributed by atoms with van der Waals surface area (Å²) in [6.45, 7) is 4.00. The van der Waals surface area contributed by atoms with Gasteiger partial charge in [-0.25, -0.2) is 0 Å². The quantitative estimate of drug-likeness (QED) is 0.838. The smallest absolute Gasteiger partial charge is 0.258 e. The van der Waals surface area contributed by atoms with Gasteiger partial charge in [-0.15, -0.1) is 0 Å². The number of aliphatic hydroxyl groups excluding tert-OH is 1. The number of aryl methyl sites for hydroxylation is 1. The van der Waals surface area contributed by atoms with Crippen LogP contribution in [0.3, 0.4) is 0 Å². The van der Waals surface area contributed by atoms with Gasteiger partial charge in [0.15, 0.2) is 6.61 Å². The average molecular weight is 291 g/mol. The Balaban J connectivity index is 1.85. The fourth-order valence-electron chi connectivity index (χ4n) is 2.73. The van der Waals surface area contributed by atoms with E-state index in [9.17, 15) is 9.90 Å². The van der Waals surface area contributed by atoms with Crippen LogP contribution in [0.1, 0.15) is 43.2 Å². The number of carbonyl (C=O) groups excluding carboxylic acids is 1. The summed E-state index contributed by atoms with van der Waals surface area (Å²) >= 11 is 0. The monoisotopic (exact) mass is 291 g/mol. The Bertz CT molecular complexity index is 487. The van der Waals surface area contributed by atoms with Crippen LogP contribution in [0.15, 0.2) is 18.2 Å². The number of carbonyl (C=O) groups is 1. The third-order valence-corrected chi connectivity index (χ3v) is 4.24. The second kappa shape index (κ2) is 7.46. The highest BCUT2D eigenvalue weighted by Gasteiger charge is 2.23. The number of rotatable bonds is 4. The van der Waals surface area contributed by atoms with Crippen molar-refractivity contribution >= 4 is 5.91 Å². The number of hydrogen-bond donors (Lipinski definition) is 2. The average Bonchev–Trinajstić information content (AvgIpc) is 2.66. The molecule has 1 saturated carbocycles. The maximum atomic E-state index is 12.0. The third-order valence-electron chi connectivity index (χ3n) is 4.24. The molecule has 2 atom stereocenters. The summed E-state index contributed by atoms with van der Waals surface area (Å²) in [5.74, 6) is 0.577. The van der Waals surface area contributed by atoms with Gasteiger partial charge in [-0.05, 0) is 43.9 Å². The van der Waals surface area contributed by atoms with E-state index in [0.29, 0.717) is 0 Å². The van der Waals surface area contributed by atoms with E-state index in [1.807, 2.05) is 32.0 Å². The van der Waals surface area contributed by atoms with Gasteiger partial charge in [0.1, 0.15) is 5.75 Å². The fourth-order valence-corrected chi connectivity index (χ4v) is 2.73. The molecule has 0 bridgehead atoms. The molecular formula is C17H25NO3. The molecule has 1 fully saturated rings. The zero-order valence-corrected chi connectivity index (χ0v) is 12.9. The highest BCUT2D eigenvalue weighted by atomic mass is 16.5. The van der Waals surface area contributed by atoms with Gasteiger partial charge in [-0.1, -0.05) is 31.4 Å². The zero-order chi connectivity index (χ0) is 15.2. The predicted molar refractivity (Wildman–Crippen MR) is 82.4 cm³/mol. The summed E-state index contributed by atoms with van der Waals surface area (Å²) < 4.78 is 5.59. The lowest BCUT2D eigenvalue weighted by Gasteiger charge is -2.22. The van der Waals surface area contributed by atoms with Gasteiger partial charge in [0.2, 0.25) is 0 Å². The number of amides is 1. The van der Waals surface area contributed by atoms with Crippen LogP contribution in [0.2, 0.25) is 0 Å². The van der Waals surface area contributed by atoms with Gasteiger partial charge in [-0.2, -0.15) is 0 Å². The second-order valence-electron chi connectivity index (χ2n) is 5.87. The van der Waals surface area contributed by atoms with Crippen molar-refractivity contribution in [2.24, 2.45) is 0 Å². The summed E-state index contributed by atoms with van der Waals surface area (Å²) in [6, 6.07) is 5.67. The lowest BCUT2D eigenvalue weighted by molar-refractivity contribution is -0.124. The lowest BCUT2D eigenvalue weighted by Crippen LogP contribution is -2.44. The number of hydrogen-bond acceptors (Lipinski definition) is 3. The van der Waals surface area contributed by atoms with Gasteiger partial charge in [0.25, 0.3) is 5.91 Å². The molecule has 1 amide bonds. The van der Waals surface area contributed by atoms with Crippen LogP contribution >= 0.6 is 0 Å². The molecule has 2 N–H and O–H groups in total. The van der Waals surface area contributed by atoms with Crippen LogP contribution in [0.25, 0.3) is 0 Å².